The van der Waals surface area contributed by atoms with E-state index in [-0.39, 0.29) is 6.61 Å². The van der Waals surface area contributed by atoms with E-state index in [1.807, 2.05) is 0 Å². The smallest absolute Gasteiger partial charge is 0.0622 e. The van der Waals surface area contributed by atoms with Gasteiger partial charge in [-0.3, -0.25) is 0 Å². The molecule has 0 saturated heterocycles. The van der Waals surface area contributed by atoms with Crippen LogP contribution in [0.4, 0.5) is 0 Å². The highest BCUT2D eigenvalue weighted by molar-refractivity contribution is 4.72. The van der Waals surface area contributed by atoms with Gasteiger partial charge in [0.1, 0.15) is 0 Å². The van der Waals surface area contributed by atoms with E-state index >= 15 is 0 Å². The molecule has 0 amide bonds. The van der Waals surface area contributed by atoms with Gasteiger partial charge in [0, 0.05) is 12.4 Å². The molecule has 0 aliphatic heterocycles. The molecular weight excluding hydrogens is 106 g/mol. The van der Waals surface area contributed by atoms with Gasteiger partial charge in [-0.15, -0.1) is 0 Å². The molecule has 0 spiro atoms. The molecule has 0 aliphatic rings. The van der Waals surface area contributed by atoms with E-state index in [2.05, 4.69) is 0 Å². The molecule has 0 aliphatic carbocycles. The summed E-state index contributed by atoms with van der Waals surface area (Å²) in [4.78, 5) is 0. The first-order valence-electron chi connectivity index (χ1n) is 2.32. The average molecular weight is 117 g/mol. The Labute approximate surface area is 48.3 Å². The Kier molecular flexibility index (Phi) is 4.01. The van der Waals surface area contributed by atoms with Crippen LogP contribution in [0.2, 0.25) is 0 Å². The Hall–Kier alpha value is -0.740. The fourth-order valence-corrected chi connectivity index (χ4v) is 0.301. The molecule has 5 N–H and O–H groups in total. The van der Waals surface area contributed by atoms with E-state index < -0.39 is 0 Å². The van der Waals surface area contributed by atoms with E-state index in [1.54, 1.807) is 0 Å². The summed E-state index contributed by atoms with van der Waals surface area (Å²) < 4.78 is 0. The third kappa shape index (κ3) is 3.45. The van der Waals surface area contributed by atoms with Crippen LogP contribution in [-0.4, -0.2) is 23.3 Å². The summed E-state index contributed by atoms with van der Waals surface area (Å²) in [6.45, 7) is 0.453. The van der Waals surface area contributed by atoms with Crippen molar-refractivity contribution in [1.82, 2.24) is 5.01 Å². The molecule has 0 bridgehead atoms. The summed E-state index contributed by atoms with van der Waals surface area (Å²) in [5, 5.41) is 9.57. The van der Waals surface area contributed by atoms with Gasteiger partial charge in [-0.25, -0.2) is 5.84 Å². The van der Waals surface area contributed by atoms with Crippen molar-refractivity contribution in [1.29, 1.82) is 0 Å². The minimum Gasteiger partial charge on any atom is -0.403 e. The quantitative estimate of drug-likeness (QED) is 0.313. The van der Waals surface area contributed by atoms with E-state index in [9.17, 15) is 0 Å². The molecular formula is C4H11N3O. The molecule has 0 aromatic carbocycles. The summed E-state index contributed by atoms with van der Waals surface area (Å²) in [7, 11) is 0. The van der Waals surface area contributed by atoms with Gasteiger partial charge in [0.05, 0.1) is 13.2 Å². The number of hydrogen-bond acceptors (Lipinski definition) is 4. The zero-order chi connectivity index (χ0) is 6.41. The first-order valence-corrected chi connectivity index (χ1v) is 2.32. The summed E-state index contributed by atoms with van der Waals surface area (Å²) in [5.41, 5.74) is 4.98. The van der Waals surface area contributed by atoms with E-state index in [0.29, 0.717) is 6.54 Å². The summed E-state index contributed by atoms with van der Waals surface area (Å²) in [5.74, 6) is 5.20. The second kappa shape index (κ2) is 4.42. The fourth-order valence-electron chi connectivity index (χ4n) is 0.301. The van der Waals surface area contributed by atoms with Crippen molar-refractivity contribution < 1.29 is 5.11 Å². The molecule has 0 aromatic rings. The second-order valence-electron chi connectivity index (χ2n) is 1.30. The molecule has 0 saturated carbocycles. The monoisotopic (exact) mass is 117 g/mol. The molecule has 8 heavy (non-hydrogen) atoms. The van der Waals surface area contributed by atoms with Crippen molar-refractivity contribution in [2.75, 3.05) is 13.2 Å². The fraction of sp³-hybridized carbons (Fsp3) is 0.500. The minimum absolute atomic E-state index is 0.0425. The van der Waals surface area contributed by atoms with Crippen LogP contribution < -0.4 is 11.6 Å². The summed E-state index contributed by atoms with van der Waals surface area (Å²) in [6, 6.07) is 0. The number of nitrogens with zero attached hydrogens (tertiary/aromatic N) is 1. The Balaban J connectivity index is 3.17. The standard InChI is InChI=1S/C4H11N3O/c5-1-2-7(6)3-4-8/h1-2,8H,3-6H2/b2-1-. The van der Waals surface area contributed by atoms with Crippen LogP contribution in [0, 0.1) is 0 Å². The number of nitrogens with two attached hydrogens (primary N) is 2. The number of aliphatic hydroxyl groups excluding tert-OH is 1. The number of hydrogen-bond donors (Lipinski definition) is 3. The highest BCUT2D eigenvalue weighted by Crippen LogP contribution is 1.73. The van der Waals surface area contributed by atoms with Gasteiger partial charge >= 0.3 is 0 Å². The minimum atomic E-state index is 0.0425. The molecule has 48 valence electrons. The van der Waals surface area contributed by atoms with Crippen LogP contribution in [0.15, 0.2) is 12.4 Å². The second-order valence-corrected chi connectivity index (χ2v) is 1.30. The van der Waals surface area contributed by atoms with Crippen molar-refractivity contribution in [3.05, 3.63) is 12.4 Å². The Morgan fingerprint density at radius 3 is 2.62 bits per heavy atom. The zero-order valence-electron chi connectivity index (χ0n) is 4.62. The summed E-state index contributed by atoms with van der Waals surface area (Å²) >= 11 is 0. The van der Waals surface area contributed by atoms with Crippen molar-refractivity contribution in [3.8, 4) is 0 Å². The highest BCUT2D eigenvalue weighted by Gasteiger charge is 1.84. The molecule has 0 rings (SSSR count). The first kappa shape index (κ1) is 7.26. The molecule has 0 aromatic heterocycles. The average Bonchev–Trinajstić information content (AvgIpc) is 1.68. The number of rotatable bonds is 3. The predicted molar refractivity (Wildman–Crippen MR) is 31.3 cm³/mol. The van der Waals surface area contributed by atoms with Crippen LogP contribution in [0.3, 0.4) is 0 Å². The van der Waals surface area contributed by atoms with Crippen LogP contribution in [0.5, 0.6) is 0 Å². The molecule has 0 fully saturated rings. The molecule has 0 radical (unpaired) electrons. The van der Waals surface area contributed by atoms with Gasteiger partial charge in [-0.05, 0) is 0 Å². The lowest BCUT2D eigenvalue weighted by Crippen LogP contribution is -2.28. The molecule has 0 atom stereocenters. The normalized spacial score (nSPS) is 10.2. The Morgan fingerprint density at radius 1 is 1.62 bits per heavy atom. The maximum absolute atomic E-state index is 8.27. The molecule has 4 nitrogen and oxygen atoms in total. The van der Waals surface area contributed by atoms with Crippen LogP contribution in [-0.2, 0) is 0 Å². The topological polar surface area (TPSA) is 75.5 Å². The first-order chi connectivity index (χ1) is 3.81. The lowest BCUT2D eigenvalue weighted by atomic mass is 10.6. The van der Waals surface area contributed by atoms with Crippen molar-refractivity contribution in [2.24, 2.45) is 11.6 Å². The van der Waals surface area contributed by atoms with E-state index in [4.69, 9.17) is 16.7 Å². The third-order valence-corrected chi connectivity index (χ3v) is 0.636. The van der Waals surface area contributed by atoms with Crippen LogP contribution in [0.1, 0.15) is 0 Å². The lowest BCUT2D eigenvalue weighted by Gasteiger charge is -2.08. The zero-order valence-corrected chi connectivity index (χ0v) is 4.62. The lowest BCUT2D eigenvalue weighted by molar-refractivity contribution is 0.239. The molecule has 4 heteroatoms. The SMILES string of the molecule is N/C=C\N(N)CCO. The summed E-state index contributed by atoms with van der Waals surface area (Å²) in [6.07, 6.45) is 2.80. The van der Waals surface area contributed by atoms with Gasteiger partial charge in [0.15, 0.2) is 0 Å². The largest absolute Gasteiger partial charge is 0.403 e. The van der Waals surface area contributed by atoms with Gasteiger partial charge < -0.3 is 15.8 Å². The Bertz CT molecular complexity index is 73.7. The highest BCUT2D eigenvalue weighted by atomic mass is 16.3. The maximum atomic E-state index is 8.27. The van der Waals surface area contributed by atoms with Crippen molar-refractivity contribution in [2.45, 2.75) is 0 Å². The Morgan fingerprint density at radius 2 is 2.25 bits per heavy atom. The van der Waals surface area contributed by atoms with Gasteiger partial charge in [0.2, 0.25) is 0 Å². The van der Waals surface area contributed by atoms with Crippen molar-refractivity contribution >= 4 is 0 Å². The van der Waals surface area contributed by atoms with Crippen molar-refractivity contribution in [3.63, 3.8) is 0 Å². The third-order valence-electron chi connectivity index (χ3n) is 0.636. The molecule has 0 unspecified atom stereocenters. The number of aliphatic hydroxyl groups is 1. The maximum Gasteiger partial charge on any atom is 0.0622 e. The molecule has 0 heterocycles. The van der Waals surface area contributed by atoms with Gasteiger partial charge in [-0.2, -0.15) is 0 Å². The van der Waals surface area contributed by atoms with E-state index in [0.717, 1.165) is 0 Å². The van der Waals surface area contributed by atoms with Crippen LogP contribution >= 0.6 is 0 Å². The van der Waals surface area contributed by atoms with Gasteiger partial charge in [-0.1, -0.05) is 0 Å². The number of hydrazine groups is 1. The van der Waals surface area contributed by atoms with E-state index in [1.165, 1.54) is 17.4 Å². The van der Waals surface area contributed by atoms with Crippen LogP contribution in [0.25, 0.3) is 0 Å². The predicted octanol–water partition coefficient (Wildman–Crippen LogP) is -1.42. The van der Waals surface area contributed by atoms with Gasteiger partial charge in [0.25, 0.3) is 0 Å².